The van der Waals surface area contributed by atoms with Crippen molar-refractivity contribution in [3.05, 3.63) is 65.9 Å². The first kappa shape index (κ1) is 17.9. The first-order valence-electron chi connectivity index (χ1n) is 9.78. The molecule has 0 spiro atoms. The molecule has 0 N–H and O–H groups in total. The molecular weight excluding hydrogens is 338 g/mol. The molecule has 4 rings (SSSR count). The van der Waals surface area contributed by atoms with E-state index in [4.69, 9.17) is 4.42 Å². The van der Waals surface area contributed by atoms with Gasteiger partial charge in [-0.1, -0.05) is 44.2 Å². The second-order valence-corrected chi connectivity index (χ2v) is 7.66. The fourth-order valence-corrected chi connectivity index (χ4v) is 3.76. The van der Waals surface area contributed by atoms with Crippen molar-refractivity contribution in [2.75, 3.05) is 13.1 Å². The van der Waals surface area contributed by atoms with Gasteiger partial charge in [0.2, 0.25) is 11.8 Å². The Hall–Kier alpha value is -2.47. The summed E-state index contributed by atoms with van der Waals surface area (Å²) in [5.74, 6) is 3.32. The average molecular weight is 365 g/mol. The molecule has 1 atom stereocenters. The Balaban J connectivity index is 1.43. The largest absolute Gasteiger partial charge is 0.424 e. The van der Waals surface area contributed by atoms with Crippen molar-refractivity contribution in [2.24, 2.45) is 0 Å². The third-order valence-electron chi connectivity index (χ3n) is 5.15. The maximum Gasteiger partial charge on any atom is 0.230 e. The summed E-state index contributed by atoms with van der Waals surface area (Å²) >= 11 is 0. The fraction of sp³-hybridized carbons (Fsp3) is 0.476. The molecule has 0 aliphatic carbocycles. The maximum absolute atomic E-state index is 5.79. The van der Waals surface area contributed by atoms with E-state index in [1.54, 1.807) is 0 Å². The van der Waals surface area contributed by atoms with Gasteiger partial charge in [0.05, 0.1) is 6.54 Å². The molecule has 1 aliphatic rings. The van der Waals surface area contributed by atoms with Crippen LogP contribution in [0.5, 0.6) is 0 Å². The molecule has 1 aromatic carbocycles. The highest BCUT2D eigenvalue weighted by molar-refractivity contribution is 5.16. The van der Waals surface area contributed by atoms with E-state index in [1.807, 2.05) is 6.20 Å². The molecule has 3 aromatic rings. The molecule has 0 bridgehead atoms. The van der Waals surface area contributed by atoms with Crippen LogP contribution in [0.1, 0.15) is 61.7 Å². The second-order valence-electron chi connectivity index (χ2n) is 7.66. The van der Waals surface area contributed by atoms with Crippen molar-refractivity contribution in [3.63, 3.8) is 0 Å². The summed E-state index contributed by atoms with van der Waals surface area (Å²) in [4.78, 5) is 7.10. The van der Waals surface area contributed by atoms with Crippen LogP contribution in [-0.4, -0.2) is 37.7 Å². The van der Waals surface area contributed by atoms with Crippen molar-refractivity contribution in [3.8, 4) is 0 Å². The number of piperidine rings is 1. The number of benzene rings is 1. The summed E-state index contributed by atoms with van der Waals surface area (Å²) < 4.78 is 8.08. The predicted octanol–water partition coefficient (Wildman–Crippen LogP) is 3.82. The first-order chi connectivity index (χ1) is 13.2. The lowest BCUT2D eigenvalue weighted by molar-refractivity contribution is 0.177. The summed E-state index contributed by atoms with van der Waals surface area (Å²) in [7, 11) is 0. The summed E-state index contributed by atoms with van der Waals surface area (Å²) in [5.41, 5.74) is 1.30. The highest BCUT2D eigenvalue weighted by Crippen LogP contribution is 2.27. The summed E-state index contributed by atoms with van der Waals surface area (Å²) in [5, 5.41) is 8.36. The van der Waals surface area contributed by atoms with Gasteiger partial charge in [-0.05, 0) is 24.9 Å². The first-order valence-corrected chi connectivity index (χ1v) is 9.78. The lowest BCUT2D eigenvalue weighted by Gasteiger charge is -2.31. The molecule has 6 nitrogen and oxygen atoms in total. The van der Waals surface area contributed by atoms with Gasteiger partial charge in [0.1, 0.15) is 5.82 Å². The van der Waals surface area contributed by atoms with Gasteiger partial charge in [0, 0.05) is 37.3 Å². The highest BCUT2D eigenvalue weighted by atomic mass is 16.4. The molecule has 1 fully saturated rings. The normalized spacial score (nSPS) is 18.3. The number of likely N-dealkylation sites (tertiary alicyclic amines) is 1. The van der Waals surface area contributed by atoms with Gasteiger partial charge in [-0.15, -0.1) is 10.2 Å². The Bertz CT molecular complexity index is 854. The van der Waals surface area contributed by atoms with Gasteiger partial charge in [-0.3, -0.25) is 4.90 Å². The van der Waals surface area contributed by atoms with Crippen molar-refractivity contribution in [2.45, 2.75) is 51.6 Å². The van der Waals surface area contributed by atoms with Gasteiger partial charge in [0.15, 0.2) is 0 Å². The van der Waals surface area contributed by atoms with Crippen LogP contribution in [0.4, 0.5) is 0 Å². The number of aromatic nitrogens is 4. The zero-order valence-electron chi connectivity index (χ0n) is 16.1. The molecule has 1 saturated heterocycles. The minimum Gasteiger partial charge on any atom is -0.424 e. The Morgan fingerprint density at radius 1 is 1.15 bits per heavy atom. The van der Waals surface area contributed by atoms with E-state index < -0.39 is 0 Å². The number of hydrogen-bond acceptors (Lipinski definition) is 5. The quantitative estimate of drug-likeness (QED) is 0.665. The van der Waals surface area contributed by atoms with E-state index in [0.717, 1.165) is 38.5 Å². The molecule has 2 aromatic heterocycles. The molecule has 1 aliphatic heterocycles. The molecule has 142 valence electrons. The van der Waals surface area contributed by atoms with Gasteiger partial charge in [-0.25, -0.2) is 4.98 Å². The third kappa shape index (κ3) is 4.27. The van der Waals surface area contributed by atoms with Crippen LogP contribution in [0.2, 0.25) is 0 Å². The minimum atomic E-state index is 0.269. The zero-order chi connectivity index (χ0) is 18.6. The Kier molecular flexibility index (Phi) is 5.34. The highest BCUT2D eigenvalue weighted by Gasteiger charge is 2.26. The number of hydrogen-bond donors (Lipinski definition) is 0. The van der Waals surface area contributed by atoms with Crippen LogP contribution < -0.4 is 0 Å². The van der Waals surface area contributed by atoms with Crippen molar-refractivity contribution in [1.82, 2.24) is 24.6 Å². The van der Waals surface area contributed by atoms with E-state index in [0.29, 0.717) is 11.8 Å². The van der Waals surface area contributed by atoms with Gasteiger partial charge < -0.3 is 8.98 Å². The Morgan fingerprint density at radius 2 is 2.00 bits per heavy atom. The lowest BCUT2D eigenvalue weighted by Crippen LogP contribution is -2.35. The van der Waals surface area contributed by atoms with Crippen molar-refractivity contribution < 1.29 is 4.42 Å². The minimum absolute atomic E-state index is 0.269. The molecule has 27 heavy (non-hydrogen) atoms. The van der Waals surface area contributed by atoms with Crippen LogP contribution in [0.25, 0.3) is 0 Å². The summed E-state index contributed by atoms with van der Waals surface area (Å²) in [6.07, 6.45) is 6.34. The molecular formula is C21H27N5O. The number of imidazole rings is 1. The van der Waals surface area contributed by atoms with Crippen molar-refractivity contribution >= 4 is 0 Å². The Morgan fingerprint density at radius 3 is 2.78 bits per heavy atom. The molecule has 0 amide bonds. The molecule has 6 heteroatoms. The zero-order valence-corrected chi connectivity index (χ0v) is 16.1. The summed E-state index contributed by atoms with van der Waals surface area (Å²) in [6, 6.07) is 10.6. The van der Waals surface area contributed by atoms with Crippen LogP contribution >= 0.6 is 0 Å². The van der Waals surface area contributed by atoms with Crippen molar-refractivity contribution in [1.29, 1.82) is 0 Å². The van der Waals surface area contributed by atoms with Crippen LogP contribution in [0.15, 0.2) is 47.1 Å². The van der Waals surface area contributed by atoms with E-state index in [2.05, 4.69) is 75.0 Å². The van der Waals surface area contributed by atoms with E-state index in [-0.39, 0.29) is 5.92 Å². The Labute approximate surface area is 160 Å². The topological polar surface area (TPSA) is 60.0 Å². The van der Waals surface area contributed by atoms with Gasteiger partial charge >= 0.3 is 0 Å². The van der Waals surface area contributed by atoms with E-state index >= 15 is 0 Å². The van der Waals surface area contributed by atoms with Gasteiger partial charge in [-0.2, -0.15) is 0 Å². The molecule has 3 heterocycles. The second kappa shape index (κ2) is 8.05. The monoisotopic (exact) mass is 365 g/mol. The third-order valence-corrected chi connectivity index (χ3v) is 5.15. The maximum atomic E-state index is 5.79. The molecule has 0 radical (unpaired) electrons. The predicted molar refractivity (Wildman–Crippen MR) is 103 cm³/mol. The van der Waals surface area contributed by atoms with Crippen LogP contribution in [0.3, 0.4) is 0 Å². The number of rotatable bonds is 6. The standard InChI is InChI=1S/C21H27N5O/c1-16(2)21-24-23-19(27-21)15-25-11-6-9-18(14-25)20-22-10-12-26(20)13-17-7-4-3-5-8-17/h3-5,7-8,10,12,16,18H,6,9,11,13-15H2,1-2H3/t18-/m1/s1. The SMILES string of the molecule is CC(C)c1nnc(CN2CCC[C@@H](c3nccn3Cc3ccccc3)C2)o1. The molecule has 0 saturated carbocycles. The van der Waals surface area contributed by atoms with Gasteiger partial charge in [0.25, 0.3) is 0 Å². The lowest BCUT2D eigenvalue weighted by atomic mass is 9.97. The fourth-order valence-electron chi connectivity index (χ4n) is 3.76. The van der Waals surface area contributed by atoms with E-state index in [9.17, 15) is 0 Å². The smallest absolute Gasteiger partial charge is 0.230 e. The average Bonchev–Trinajstić information content (AvgIpc) is 3.32. The number of nitrogens with zero attached hydrogens (tertiary/aromatic N) is 5. The van der Waals surface area contributed by atoms with E-state index in [1.165, 1.54) is 17.8 Å². The summed E-state index contributed by atoms with van der Waals surface area (Å²) in [6.45, 7) is 7.77. The molecule has 0 unspecified atom stereocenters. The van der Waals surface area contributed by atoms with Crippen LogP contribution in [0, 0.1) is 0 Å². The van der Waals surface area contributed by atoms with Crippen LogP contribution in [-0.2, 0) is 13.1 Å².